The molecule has 1 saturated heterocycles. The van der Waals surface area contributed by atoms with Gasteiger partial charge in [0.05, 0.1) is 11.8 Å². The van der Waals surface area contributed by atoms with Crippen molar-refractivity contribution in [3.05, 3.63) is 77.4 Å². The summed E-state index contributed by atoms with van der Waals surface area (Å²) in [6.45, 7) is 4.01. The zero-order chi connectivity index (χ0) is 21.7. The number of nitrogens with zero attached hydrogens (tertiary/aromatic N) is 1. The van der Waals surface area contributed by atoms with Crippen molar-refractivity contribution in [3.8, 4) is 0 Å². The normalized spacial score (nSPS) is 27.0. The lowest BCUT2D eigenvalue weighted by Crippen LogP contribution is -2.49. The van der Waals surface area contributed by atoms with Gasteiger partial charge in [-0.25, -0.2) is 0 Å². The number of nitrogens with one attached hydrogen (secondary N) is 1. The minimum atomic E-state index is -0.867. The van der Waals surface area contributed by atoms with Crippen LogP contribution in [0.4, 0.5) is 5.69 Å². The molecule has 1 aliphatic heterocycles. The van der Waals surface area contributed by atoms with Crippen LogP contribution in [0, 0.1) is 37.5 Å². The number of fused-ring (bicyclic) bond motifs is 5. The van der Waals surface area contributed by atoms with E-state index in [0.29, 0.717) is 12.1 Å². The molecule has 5 nitrogen and oxygen atoms in total. The lowest BCUT2D eigenvalue weighted by atomic mass is 9.85. The Morgan fingerprint density at radius 2 is 1.61 bits per heavy atom. The fourth-order valence-electron chi connectivity index (χ4n) is 5.42. The molecule has 31 heavy (non-hydrogen) atoms. The summed E-state index contributed by atoms with van der Waals surface area (Å²) in [5, 5.41) is 2.95. The van der Waals surface area contributed by atoms with Crippen molar-refractivity contribution in [2.24, 2.45) is 23.7 Å². The van der Waals surface area contributed by atoms with Crippen molar-refractivity contribution >= 4 is 23.4 Å². The van der Waals surface area contributed by atoms with E-state index < -0.39 is 6.04 Å². The van der Waals surface area contributed by atoms with Crippen LogP contribution in [-0.2, 0) is 20.8 Å². The molecule has 5 atom stereocenters. The Kier molecular flexibility index (Phi) is 4.77. The molecule has 3 aliphatic rings. The molecule has 158 valence electrons. The van der Waals surface area contributed by atoms with E-state index in [2.05, 4.69) is 17.5 Å². The lowest BCUT2D eigenvalue weighted by molar-refractivity contribution is -0.147. The van der Waals surface area contributed by atoms with E-state index in [1.807, 2.05) is 62.4 Å². The SMILES string of the molecule is Cc1ccc(NC(=O)[C@H](Cc2ccccc2)N2C(=O)[C@H]3[C@H](C2=O)[C@H]2C=C[C@H]3C2)cc1C. The van der Waals surface area contributed by atoms with Crippen LogP contribution in [0.15, 0.2) is 60.7 Å². The summed E-state index contributed by atoms with van der Waals surface area (Å²) < 4.78 is 0. The van der Waals surface area contributed by atoms with Gasteiger partial charge in [0.15, 0.2) is 0 Å². The summed E-state index contributed by atoms with van der Waals surface area (Å²) in [7, 11) is 0. The Bertz CT molecular complexity index is 1060. The molecule has 0 spiro atoms. The highest BCUT2D eigenvalue weighted by molar-refractivity contribution is 6.11. The van der Waals surface area contributed by atoms with Crippen molar-refractivity contribution in [3.63, 3.8) is 0 Å². The first kappa shape index (κ1) is 19.7. The van der Waals surface area contributed by atoms with Crippen LogP contribution in [0.5, 0.6) is 0 Å². The number of anilines is 1. The highest BCUT2D eigenvalue weighted by atomic mass is 16.2. The molecule has 3 amide bonds. The van der Waals surface area contributed by atoms with Crippen LogP contribution < -0.4 is 5.32 Å². The predicted octanol–water partition coefficient (Wildman–Crippen LogP) is 3.66. The third kappa shape index (κ3) is 3.29. The number of likely N-dealkylation sites (tertiary alicyclic amines) is 1. The second-order valence-corrected chi connectivity index (χ2v) is 9.04. The summed E-state index contributed by atoms with van der Waals surface area (Å²) in [6.07, 6.45) is 5.32. The van der Waals surface area contributed by atoms with Crippen LogP contribution in [0.1, 0.15) is 23.1 Å². The predicted molar refractivity (Wildman–Crippen MR) is 118 cm³/mol. The number of imide groups is 1. The van der Waals surface area contributed by atoms with Crippen molar-refractivity contribution in [1.29, 1.82) is 0 Å². The summed E-state index contributed by atoms with van der Waals surface area (Å²) in [5.74, 6) is -1.08. The van der Waals surface area contributed by atoms with E-state index in [1.165, 1.54) is 4.90 Å². The Morgan fingerprint density at radius 1 is 0.968 bits per heavy atom. The van der Waals surface area contributed by atoms with Gasteiger partial charge >= 0.3 is 0 Å². The zero-order valence-electron chi connectivity index (χ0n) is 17.7. The van der Waals surface area contributed by atoms with Gasteiger partial charge in [0.2, 0.25) is 17.7 Å². The molecule has 5 rings (SSSR count). The number of amides is 3. The topological polar surface area (TPSA) is 66.5 Å². The van der Waals surface area contributed by atoms with Gasteiger partial charge in [-0.05, 0) is 60.9 Å². The van der Waals surface area contributed by atoms with E-state index in [4.69, 9.17) is 0 Å². The second-order valence-electron chi connectivity index (χ2n) is 9.04. The molecule has 2 bridgehead atoms. The highest BCUT2D eigenvalue weighted by Crippen LogP contribution is 2.53. The second kappa shape index (κ2) is 7.49. The average molecular weight is 415 g/mol. The summed E-state index contributed by atoms with van der Waals surface area (Å²) >= 11 is 0. The smallest absolute Gasteiger partial charge is 0.248 e. The van der Waals surface area contributed by atoms with Crippen LogP contribution in [-0.4, -0.2) is 28.7 Å². The molecule has 0 radical (unpaired) electrons. The highest BCUT2D eigenvalue weighted by Gasteiger charge is 2.61. The van der Waals surface area contributed by atoms with Crippen molar-refractivity contribution in [2.45, 2.75) is 32.7 Å². The minimum Gasteiger partial charge on any atom is -0.324 e. The Balaban J connectivity index is 1.46. The molecule has 2 aliphatic carbocycles. The number of carbonyl (C=O) groups excluding carboxylic acids is 3. The number of aryl methyl sites for hydroxylation is 2. The van der Waals surface area contributed by atoms with Crippen molar-refractivity contribution in [2.75, 3.05) is 5.32 Å². The van der Waals surface area contributed by atoms with E-state index >= 15 is 0 Å². The number of hydrogen-bond acceptors (Lipinski definition) is 3. The molecular weight excluding hydrogens is 388 g/mol. The van der Waals surface area contributed by atoms with Crippen LogP contribution in [0.2, 0.25) is 0 Å². The molecule has 1 heterocycles. The maximum absolute atomic E-state index is 13.4. The van der Waals surface area contributed by atoms with Gasteiger partial charge < -0.3 is 5.32 Å². The van der Waals surface area contributed by atoms with Gasteiger partial charge in [-0.1, -0.05) is 48.6 Å². The molecule has 2 fully saturated rings. The quantitative estimate of drug-likeness (QED) is 0.600. The zero-order valence-corrected chi connectivity index (χ0v) is 17.7. The maximum atomic E-state index is 13.4. The number of carbonyl (C=O) groups is 3. The molecular formula is C26H26N2O3. The molecule has 0 unspecified atom stereocenters. The van der Waals surface area contributed by atoms with Crippen molar-refractivity contribution < 1.29 is 14.4 Å². The first-order valence-electron chi connectivity index (χ1n) is 10.9. The van der Waals surface area contributed by atoms with E-state index in [0.717, 1.165) is 23.1 Å². The van der Waals surface area contributed by atoms with Gasteiger partial charge in [0.1, 0.15) is 6.04 Å². The van der Waals surface area contributed by atoms with Crippen molar-refractivity contribution in [1.82, 2.24) is 4.90 Å². The fourth-order valence-corrected chi connectivity index (χ4v) is 5.42. The molecule has 5 heteroatoms. The van der Waals surface area contributed by atoms with Crippen LogP contribution in [0.25, 0.3) is 0 Å². The van der Waals surface area contributed by atoms with Crippen LogP contribution in [0.3, 0.4) is 0 Å². The average Bonchev–Trinajstić information content (AvgIpc) is 3.44. The van der Waals surface area contributed by atoms with Gasteiger partial charge in [0, 0.05) is 12.1 Å². The number of allylic oxidation sites excluding steroid dienone is 2. The van der Waals surface area contributed by atoms with E-state index in [9.17, 15) is 14.4 Å². The van der Waals surface area contributed by atoms with Crippen LogP contribution >= 0.6 is 0 Å². The molecule has 2 aromatic rings. The summed E-state index contributed by atoms with van der Waals surface area (Å²) in [4.78, 5) is 41.4. The monoisotopic (exact) mass is 414 g/mol. The Labute approximate surface area is 182 Å². The largest absolute Gasteiger partial charge is 0.324 e. The summed E-state index contributed by atoms with van der Waals surface area (Å²) in [5.41, 5.74) is 3.80. The Morgan fingerprint density at radius 3 is 2.23 bits per heavy atom. The number of rotatable bonds is 5. The summed E-state index contributed by atoms with van der Waals surface area (Å²) in [6, 6.07) is 14.4. The molecule has 1 saturated carbocycles. The molecule has 2 aromatic carbocycles. The minimum absolute atomic E-state index is 0.122. The third-order valence-corrected chi connectivity index (χ3v) is 7.17. The van der Waals surface area contributed by atoms with E-state index in [1.54, 1.807) is 0 Å². The van der Waals surface area contributed by atoms with Gasteiger partial charge in [-0.2, -0.15) is 0 Å². The standard InChI is InChI=1S/C26H26N2O3/c1-15-8-11-20(12-16(15)2)27-24(29)21(13-17-6-4-3-5-7-17)28-25(30)22-18-9-10-19(14-18)23(22)26(28)31/h3-12,18-19,21-23H,13-14H2,1-2H3,(H,27,29)/t18-,19-,21-,22+,23+/m0/s1. The fraction of sp³-hybridized carbons (Fsp3) is 0.346. The van der Waals surface area contributed by atoms with Gasteiger partial charge in [0.25, 0.3) is 0 Å². The lowest BCUT2D eigenvalue weighted by Gasteiger charge is -2.27. The number of hydrogen-bond donors (Lipinski definition) is 1. The maximum Gasteiger partial charge on any atom is 0.248 e. The third-order valence-electron chi connectivity index (χ3n) is 7.17. The van der Waals surface area contributed by atoms with Gasteiger partial charge in [-0.15, -0.1) is 0 Å². The first-order chi connectivity index (χ1) is 14.9. The Hall–Kier alpha value is -3.21. The number of benzene rings is 2. The molecule has 0 aromatic heterocycles. The van der Waals surface area contributed by atoms with Gasteiger partial charge in [-0.3, -0.25) is 19.3 Å². The van der Waals surface area contributed by atoms with E-state index in [-0.39, 0.29) is 41.4 Å². The first-order valence-corrected chi connectivity index (χ1v) is 10.9. The molecule has 1 N–H and O–H groups in total.